The van der Waals surface area contributed by atoms with E-state index in [9.17, 15) is 14.4 Å². The summed E-state index contributed by atoms with van der Waals surface area (Å²) in [7, 11) is 1.24. The fourth-order valence-electron chi connectivity index (χ4n) is 5.31. The molecule has 0 spiro atoms. The van der Waals surface area contributed by atoms with E-state index in [1.165, 1.54) is 13.3 Å². The lowest BCUT2D eigenvalue weighted by Gasteiger charge is -2.40. The van der Waals surface area contributed by atoms with Crippen molar-refractivity contribution < 1.29 is 19.1 Å². The normalized spacial score (nSPS) is 17.0. The summed E-state index contributed by atoms with van der Waals surface area (Å²) in [6, 6.07) is 20.4. The smallest absolute Gasteiger partial charge is 0.343 e. The van der Waals surface area contributed by atoms with Crippen molar-refractivity contribution in [2.75, 3.05) is 26.8 Å². The number of methoxy groups -OCH3 is 1. The number of benzene rings is 2. The summed E-state index contributed by atoms with van der Waals surface area (Å²) in [6.45, 7) is 3.89. The van der Waals surface area contributed by atoms with E-state index in [0.717, 1.165) is 24.0 Å². The van der Waals surface area contributed by atoms with E-state index in [-0.39, 0.29) is 41.7 Å². The van der Waals surface area contributed by atoms with Crippen molar-refractivity contribution in [1.82, 2.24) is 14.4 Å². The van der Waals surface area contributed by atoms with Crippen LogP contribution in [-0.4, -0.2) is 59.2 Å². The number of carbonyl (C=O) groups is 2. The van der Waals surface area contributed by atoms with Crippen LogP contribution < -0.4 is 10.2 Å². The Balaban J connectivity index is 1.58. The first-order valence-corrected chi connectivity index (χ1v) is 12.7. The quantitative estimate of drug-likeness (QED) is 0.346. The highest BCUT2D eigenvalue weighted by molar-refractivity contribution is 5.98. The summed E-state index contributed by atoms with van der Waals surface area (Å²) < 4.78 is 12.4. The first-order valence-electron chi connectivity index (χ1n) is 12.7. The second-order valence-electron chi connectivity index (χ2n) is 9.34. The number of amides is 1. The molecule has 8 heteroatoms. The predicted molar refractivity (Wildman–Crippen MR) is 139 cm³/mol. The summed E-state index contributed by atoms with van der Waals surface area (Å²) in [5.41, 5.74) is 1.72. The Hall–Kier alpha value is -3.91. The van der Waals surface area contributed by atoms with E-state index >= 15 is 0 Å². The molecule has 3 aromatic rings. The van der Waals surface area contributed by atoms with Gasteiger partial charge in [0.1, 0.15) is 11.7 Å². The van der Waals surface area contributed by atoms with Crippen molar-refractivity contribution in [2.45, 2.75) is 38.5 Å². The van der Waals surface area contributed by atoms with Gasteiger partial charge in [0.05, 0.1) is 26.3 Å². The van der Waals surface area contributed by atoms with Gasteiger partial charge in [0.15, 0.2) is 11.4 Å². The van der Waals surface area contributed by atoms with Crippen LogP contribution in [0.5, 0.6) is 5.75 Å². The van der Waals surface area contributed by atoms with Gasteiger partial charge in [0, 0.05) is 19.3 Å². The van der Waals surface area contributed by atoms with Crippen molar-refractivity contribution in [3.8, 4) is 5.75 Å². The van der Waals surface area contributed by atoms with E-state index in [1.807, 2.05) is 48.2 Å². The Morgan fingerprint density at radius 3 is 2.24 bits per heavy atom. The van der Waals surface area contributed by atoms with Crippen molar-refractivity contribution in [1.29, 1.82) is 0 Å². The van der Waals surface area contributed by atoms with Gasteiger partial charge in [-0.05, 0) is 17.5 Å². The molecule has 8 nitrogen and oxygen atoms in total. The maximum atomic E-state index is 13.8. The minimum atomic E-state index is -0.745. The molecule has 0 N–H and O–H groups in total. The summed E-state index contributed by atoms with van der Waals surface area (Å²) in [6.07, 6.45) is 2.78. The van der Waals surface area contributed by atoms with Crippen molar-refractivity contribution in [3.63, 3.8) is 0 Å². The maximum Gasteiger partial charge on any atom is 0.343 e. The second kappa shape index (κ2) is 10.6. The Bertz CT molecular complexity index is 1300. The first kappa shape index (κ1) is 24.8. The van der Waals surface area contributed by atoms with Gasteiger partial charge < -0.3 is 18.9 Å². The third kappa shape index (κ3) is 4.53. The molecule has 0 radical (unpaired) electrons. The molecule has 1 unspecified atom stereocenters. The number of pyridine rings is 1. The van der Waals surface area contributed by atoms with Gasteiger partial charge in [-0.1, -0.05) is 74.0 Å². The van der Waals surface area contributed by atoms with Crippen molar-refractivity contribution in [2.24, 2.45) is 0 Å². The van der Waals surface area contributed by atoms with E-state index in [2.05, 4.69) is 29.2 Å². The van der Waals surface area contributed by atoms with Gasteiger partial charge in [0.2, 0.25) is 5.43 Å². The van der Waals surface area contributed by atoms with E-state index in [1.54, 1.807) is 4.57 Å². The van der Waals surface area contributed by atoms with Crippen LogP contribution in [0.15, 0.2) is 71.7 Å². The molecule has 1 saturated heterocycles. The SMILES string of the molecule is CCCCOc1c2n(cc(C(=O)OC)c1=O)CC1N(CCN1C(c1ccccc1)c1ccccc1)C2=O. The topological polar surface area (TPSA) is 81.1 Å². The van der Waals surface area contributed by atoms with E-state index in [0.29, 0.717) is 19.6 Å². The molecular formula is C29H31N3O5. The van der Waals surface area contributed by atoms with Gasteiger partial charge in [-0.15, -0.1) is 0 Å². The number of hydrogen-bond donors (Lipinski definition) is 0. The fraction of sp³-hybridized carbons (Fsp3) is 0.345. The van der Waals surface area contributed by atoms with E-state index in [4.69, 9.17) is 9.47 Å². The molecule has 5 rings (SSSR count). The molecule has 2 aliphatic heterocycles. The van der Waals surface area contributed by atoms with Crippen molar-refractivity contribution >= 4 is 11.9 Å². The Kier molecular flexibility index (Phi) is 7.10. The van der Waals surface area contributed by atoms with Gasteiger partial charge >= 0.3 is 5.97 Å². The predicted octanol–water partition coefficient (Wildman–Crippen LogP) is 3.70. The summed E-state index contributed by atoms with van der Waals surface area (Å²) in [5.74, 6) is -1.08. The number of nitrogens with zero attached hydrogens (tertiary/aromatic N) is 3. The third-order valence-electron chi connectivity index (χ3n) is 7.12. The summed E-state index contributed by atoms with van der Waals surface area (Å²) in [5, 5.41) is 0. The second-order valence-corrected chi connectivity index (χ2v) is 9.34. The standard InChI is InChI=1S/C29H31N3O5/c1-3-4-17-37-27-25-28(34)32-16-15-31(23(32)19-30(25)18-22(26(27)33)29(35)36-2)24(20-11-7-5-8-12-20)21-13-9-6-10-14-21/h5-14,18,23-24H,3-4,15-17,19H2,1-2H3. The van der Waals surface area contributed by atoms with Crippen LogP contribution in [0, 0.1) is 0 Å². The third-order valence-corrected chi connectivity index (χ3v) is 7.12. The number of esters is 1. The largest absolute Gasteiger partial charge is 0.487 e. The monoisotopic (exact) mass is 501 g/mol. The Morgan fingerprint density at radius 1 is 1.00 bits per heavy atom. The van der Waals surface area contributed by atoms with Gasteiger partial charge in [-0.2, -0.15) is 0 Å². The average Bonchev–Trinajstić information content (AvgIpc) is 3.34. The lowest BCUT2D eigenvalue weighted by molar-refractivity contribution is 0.0444. The van der Waals surface area contributed by atoms with E-state index < -0.39 is 11.4 Å². The molecule has 37 heavy (non-hydrogen) atoms. The number of hydrogen-bond acceptors (Lipinski definition) is 6. The molecule has 2 aliphatic rings. The Labute approximate surface area is 216 Å². The highest BCUT2D eigenvalue weighted by Crippen LogP contribution is 2.37. The molecule has 192 valence electrons. The fourth-order valence-corrected chi connectivity index (χ4v) is 5.31. The van der Waals surface area contributed by atoms with Crippen LogP contribution in [0.4, 0.5) is 0 Å². The molecular weight excluding hydrogens is 470 g/mol. The molecule has 1 atom stereocenters. The molecule has 0 saturated carbocycles. The number of ether oxygens (including phenoxy) is 2. The molecule has 0 aliphatic carbocycles. The number of carbonyl (C=O) groups excluding carboxylic acids is 2. The number of unbranched alkanes of at least 4 members (excludes halogenated alkanes) is 1. The van der Waals surface area contributed by atoms with Crippen LogP contribution in [0.25, 0.3) is 0 Å². The van der Waals surface area contributed by atoms with Crippen molar-refractivity contribution in [3.05, 3.63) is 99.5 Å². The molecule has 2 aromatic carbocycles. The average molecular weight is 502 g/mol. The zero-order chi connectivity index (χ0) is 25.9. The Morgan fingerprint density at radius 2 is 1.65 bits per heavy atom. The maximum absolute atomic E-state index is 13.8. The molecule has 3 heterocycles. The lowest BCUT2D eigenvalue weighted by Crippen LogP contribution is -2.51. The zero-order valence-electron chi connectivity index (χ0n) is 21.1. The van der Waals surface area contributed by atoms with Crippen LogP contribution >= 0.6 is 0 Å². The van der Waals surface area contributed by atoms with Gasteiger partial charge in [0.25, 0.3) is 5.91 Å². The van der Waals surface area contributed by atoms with Crippen LogP contribution in [0.3, 0.4) is 0 Å². The summed E-state index contributed by atoms with van der Waals surface area (Å²) >= 11 is 0. The molecule has 1 amide bonds. The minimum absolute atomic E-state index is 0.0634. The highest BCUT2D eigenvalue weighted by Gasteiger charge is 2.45. The number of fused-ring (bicyclic) bond motifs is 2. The lowest BCUT2D eigenvalue weighted by atomic mass is 9.96. The number of aromatic nitrogens is 1. The molecule has 0 bridgehead atoms. The minimum Gasteiger partial charge on any atom is -0.487 e. The number of rotatable bonds is 8. The summed E-state index contributed by atoms with van der Waals surface area (Å²) in [4.78, 5) is 43.6. The first-order chi connectivity index (χ1) is 18.0. The van der Waals surface area contributed by atoms with Crippen LogP contribution in [-0.2, 0) is 11.3 Å². The van der Waals surface area contributed by atoms with Gasteiger partial charge in [-0.25, -0.2) is 4.79 Å². The van der Waals surface area contributed by atoms with Crippen LogP contribution in [0.2, 0.25) is 0 Å². The van der Waals surface area contributed by atoms with Gasteiger partial charge in [-0.3, -0.25) is 14.5 Å². The zero-order valence-corrected chi connectivity index (χ0v) is 21.1. The molecule has 1 aromatic heterocycles. The van der Waals surface area contributed by atoms with Crippen LogP contribution in [0.1, 0.15) is 57.8 Å². The highest BCUT2D eigenvalue weighted by atomic mass is 16.5. The molecule has 1 fully saturated rings.